The van der Waals surface area contributed by atoms with Crippen LogP contribution in [-0.2, 0) is 0 Å². The molecular weight excluding hydrogens is 324 g/mol. The maximum Gasteiger partial charge on any atom is 0.0391 e. The first kappa shape index (κ1) is 17.0. The molecule has 2 rings (SSSR count). The molecule has 2 atom stereocenters. The number of nitrogens with one attached hydrogen (secondary N) is 1. The molecule has 1 saturated heterocycles. The summed E-state index contributed by atoms with van der Waals surface area (Å²) in [5.41, 5.74) is 2.82. The third-order valence-corrected chi connectivity index (χ3v) is 5.59. The summed E-state index contributed by atoms with van der Waals surface area (Å²) in [5.74, 6) is 0.695. The molecule has 0 bridgehead atoms. The summed E-state index contributed by atoms with van der Waals surface area (Å²) in [6.07, 6.45) is 4.00. The van der Waals surface area contributed by atoms with Crippen molar-refractivity contribution in [1.82, 2.24) is 10.2 Å². The van der Waals surface area contributed by atoms with Gasteiger partial charge >= 0.3 is 0 Å². The monoisotopic (exact) mass is 352 g/mol. The summed E-state index contributed by atoms with van der Waals surface area (Å²) in [5, 5.41) is 3.41. The number of likely N-dealkylation sites (tertiary alicyclic amines) is 1. The molecule has 0 amide bonds. The van der Waals surface area contributed by atoms with Crippen molar-refractivity contribution in [3.63, 3.8) is 0 Å². The van der Waals surface area contributed by atoms with Crippen LogP contribution in [-0.4, -0.2) is 31.1 Å². The highest BCUT2D eigenvalue weighted by atomic mass is 79.9. The summed E-state index contributed by atoms with van der Waals surface area (Å²) >= 11 is 3.63. The minimum Gasteiger partial charge on any atom is -0.319 e. The fraction of sp³-hybridized carbons (Fsp3) is 0.667. The first-order valence-electron chi connectivity index (χ1n) is 8.21. The highest BCUT2D eigenvalue weighted by Crippen LogP contribution is 2.37. The summed E-state index contributed by atoms with van der Waals surface area (Å²) in [6, 6.07) is 8.02. The Kier molecular flexibility index (Phi) is 6.27. The predicted octanol–water partition coefficient (Wildman–Crippen LogP) is 4.53. The van der Waals surface area contributed by atoms with Crippen molar-refractivity contribution in [2.24, 2.45) is 5.92 Å². The lowest BCUT2D eigenvalue weighted by atomic mass is 9.88. The second-order valence-corrected chi connectivity index (χ2v) is 7.45. The highest BCUT2D eigenvalue weighted by Gasteiger charge is 2.32. The molecule has 1 N–H and O–H groups in total. The topological polar surface area (TPSA) is 15.3 Å². The van der Waals surface area contributed by atoms with Gasteiger partial charge in [-0.3, -0.25) is 4.90 Å². The van der Waals surface area contributed by atoms with Crippen LogP contribution in [0.3, 0.4) is 0 Å². The van der Waals surface area contributed by atoms with Crippen molar-refractivity contribution in [3.8, 4) is 0 Å². The van der Waals surface area contributed by atoms with Crippen molar-refractivity contribution >= 4 is 15.9 Å². The summed E-state index contributed by atoms with van der Waals surface area (Å²) in [7, 11) is 2.08. The molecule has 0 spiro atoms. The van der Waals surface area contributed by atoms with Gasteiger partial charge in [0, 0.05) is 16.6 Å². The molecule has 118 valence electrons. The predicted molar refractivity (Wildman–Crippen MR) is 94.7 cm³/mol. The van der Waals surface area contributed by atoms with Gasteiger partial charge in [0.15, 0.2) is 0 Å². The van der Waals surface area contributed by atoms with Crippen LogP contribution >= 0.6 is 15.9 Å². The largest absolute Gasteiger partial charge is 0.319 e. The van der Waals surface area contributed by atoms with E-state index >= 15 is 0 Å². The summed E-state index contributed by atoms with van der Waals surface area (Å²) in [6.45, 7) is 9.18. The molecule has 2 unspecified atom stereocenters. The van der Waals surface area contributed by atoms with Crippen LogP contribution in [0, 0.1) is 12.8 Å². The fourth-order valence-electron chi connectivity index (χ4n) is 3.64. The van der Waals surface area contributed by atoms with Crippen LogP contribution in [0.25, 0.3) is 0 Å². The lowest BCUT2D eigenvalue weighted by molar-refractivity contribution is 0.118. The van der Waals surface area contributed by atoms with E-state index in [1.54, 1.807) is 0 Å². The Morgan fingerprint density at radius 3 is 2.71 bits per heavy atom. The van der Waals surface area contributed by atoms with E-state index < -0.39 is 0 Å². The number of hydrogen-bond donors (Lipinski definition) is 1. The molecule has 1 fully saturated rings. The molecule has 1 aliphatic rings. The standard InChI is InChI=1S/C18H29BrN2/c1-13(2)21-10-6-5-7-16(12-20-4)18(21)15-8-9-17(19)14(3)11-15/h8-9,11,13,16,18,20H,5-7,10,12H2,1-4H3. The molecule has 21 heavy (non-hydrogen) atoms. The Morgan fingerprint density at radius 1 is 1.33 bits per heavy atom. The molecule has 1 aromatic rings. The molecular formula is C18H29BrN2. The van der Waals surface area contributed by atoms with Crippen LogP contribution < -0.4 is 5.32 Å². The molecule has 0 aliphatic carbocycles. The quantitative estimate of drug-likeness (QED) is 0.856. The molecule has 1 aromatic carbocycles. The van der Waals surface area contributed by atoms with E-state index in [-0.39, 0.29) is 0 Å². The maximum atomic E-state index is 3.63. The van der Waals surface area contributed by atoms with E-state index in [1.807, 2.05) is 0 Å². The number of aryl methyl sites for hydroxylation is 1. The number of halogens is 1. The fourth-order valence-corrected chi connectivity index (χ4v) is 3.89. The first-order chi connectivity index (χ1) is 10.0. The zero-order valence-corrected chi connectivity index (χ0v) is 15.4. The van der Waals surface area contributed by atoms with Crippen LogP contribution in [0.1, 0.15) is 50.3 Å². The zero-order chi connectivity index (χ0) is 15.4. The second kappa shape index (κ2) is 7.75. The van der Waals surface area contributed by atoms with Gasteiger partial charge in [0.2, 0.25) is 0 Å². The number of benzene rings is 1. The van der Waals surface area contributed by atoms with Gasteiger partial charge in [-0.1, -0.05) is 34.5 Å². The Labute approximate surface area is 138 Å². The Hall–Kier alpha value is -0.380. The van der Waals surface area contributed by atoms with Crippen LogP contribution in [0.4, 0.5) is 0 Å². The Morgan fingerprint density at radius 2 is 2.10 bits per heavy atom. The lowest BCUT2D eigenvalue weighted by Crippen LogP contribution is -2.40. The number of rotatable bonds is 4. The van der Waals surface area contributed by atoms with E-state index in [0.717, 1.165) is 6.54 Å². The van der Waals surface area contributed by atoms with Crippen LogP contribution in [0.5, 0.6) is 0 Å². The second-order valence-electron chi connectivity index (χ2n) is 6.60. The SMILES string of the molecule is CNCC1CCCCN(C(C)C)C1c1ccc(Br)c(C)c1. The van der Waals surface area contributed by atoms with Crippen molar-refractivity contribution in [2.75, 3.05) is 20.1 Å². The van der Waals surface area contributed by atoms with Gasteiger partial charge in [-0.25, -0.2) is 0 Å². The summed E-state index contributed by atoms with van der Waals surface area (Å²) < 4.78 is 1.21. The first-order valence-corrected chi connectivity index (χ1v) is 9.00. The van der Waals surface area contributed by atoms with Gasteiger partial charge < -0.3 is 5.32 Å². The van der Waals surface area contributed by atoms with Crippen molar-refractivity contribution in [3.05, 3.63) is 33.8 Å². The van der Waals surface area contributed by atoms with E-state index in [0.29, 0.717) is 18.0 Å². The third kappa shape index (κ3) is 4.08. The minimum atomic E-state index is 0.534. The normalized spacial score (nSPS) is 24.3. The van der Waals surface area contributed by atoms with Gasteiger partial charge in [0.05, 0.1) is 0 Å². The molecule has 0 saturated carbocycles. The average Bonchev–Trinajstić information content (AvgIpc) is 2.65. The van der Waals surface area contributed by atoms with Gasteiger partial charge in [0.25, 0.3) is 0 Å². The maximum absolute atomic E-state index is 3.63. The number of hydrogen-bond acceptors (Lipinski definition) is 2. The number of nitrogens with zero attached hydrogens (tertiary/aromatic N) is 1. The lowest BCUT2D eigenvalue weighted by Gasteiger charge is -2.38. The summed E-state index contributed by atoms with van der Waals surface area (Å²) in [4.78, 5) is 2.71. The van der Waals surface area contributed by atoms with Crippen molar-refractivity contribution < 1.29 is 0 Å². The molecule has 3 heteroatoms. The van der Waals surface area contributed by atoms with Gasteiger partial charge in [-0.2, -0.15) is 0 Å². The van der Waals surface area contributed by atoms with Crippen molar-refractivity contribution in [2.45, 2.75) is 52.1 Å². The van der Waals surface area contributed by atoms with Gasteiger partial charge in [-0.05, 0) is 76.9 Å². The van der Waals surface area contributed by atoms with Gasteiger partial charge in [0.1, 0.15) is 0 Å². The molecule has 0 radical (unpaired) electrons. The Bertz CT molecular complexity index is 459. The zero-order valence-electron chi connectivity index (χ0n) is 13.8. The van der Waals surface area contributed by atoms with Crippen molar-refractivity contribution in [1.29, 1.82) is 0 Å². The van der Waals surface area contributed by atoms with Crippen LogP contribution in [0.2, 0.25) is 0 Å². The third-order valence-electron chi connectivity index (χ3n) is 4.70. The van der Waals surface area contributed by atoms with E-state index in [4.69, 9.17) is 0 Å². The molecule has 1 heterocycles. The van der Waals surface area contributed by atoms with E-state index in [9.17, 15) is 0 Å². The molecule has 0 aromatic heterocycles. The van der Waals surface area contributed by atoms with Gasteiger partial charge in [-0.15, -0.1) is 0 Å². The Balaban J connectivity index is 2.39. The van der Waals surface area contributed by atoms with Crippen LogP contribution in [0.15, 0.2) is 22.7 Å². The highest BCUT2D eigenvalue weighted by molar-refractivity contribution is 9.10. The molecule has 1 aliphatic heterocycles. The average molecular weight is 353 g/mol. The molecule has 2 nitrogen and oxygen atoms in total. The van der Waals surface area contributed by atoms with E-state index in [1.165, 1.54) is 41.4 Å². The minimum absolute atomic E-state index is 0.534. The smallest absolute Gasteiger partial charge is 0.0391 e. The van der Waals surface area contributed by atoms with E-state index in [2.05, 4.69) is 72.2 Å².